The summed E-state index contributed by atoms with van der Waals surface area (Å²) in [5, 5.41) is 15.9. The van der Waals surface area contributed by atoms with Gasteiger partial charge in [-0.25, -0.2) is 19.4 Å². The number of likely N-dealkylation sites (tertiary alicyclic amines) is 1. The zero-order valence-electron chi connectivity index (χ0n) is 16.5. The smallest absolute Gasteiger partial charge is 0.407 e. The van der Waals surface area contributed by atoms with Gasteiger partial charge in [-0.15, -0.1) is 11.3 Å². The number of anilines is 1. The van der Waals surface area contributed by atoms with Crippen molar-refractivity contribution in [1.82, 2.24) is 24.6 Å². The summed E-state index contributed by atoms with van der Waals surface area (Å²) >= 11 is 1.58. The van der Waals surface area contributed by atoms with E-state index in [9.17, 15) is 9.90 Å². The van der Waals surface area contributed by atoms with Crippen molar-refractivity contribution in [2.24, 2.45) is 0 Å². The molecule has 4 aromatic rings. The maximum Gasteiger partial charge on any atom is 0.407 e. The first-order valence-electron chi connectivity index (χ1n) is 9.51. The van der Waals surface area contributed by atoms with Crippen LogP contribution in [0.3, 0.4) is 0 Å². The molecule has 1 saturated heterocycles. The normalized spacial score (nSPS) is 16.6. The molecular formula is C20H20N6O3S. The lowest BCUT2D eigenvalue weighted by Gasteiger charge is -2.13. The molecule has 4 heterocycles. The number of nitrogen functional groups attached to an aromatic ring is 1. The molecule has 1 aliphatic heterocycles. The molecular weight excluding hydrogens is 404 g/mol. The van der Waals surface area contributed by atoms with Crippen LogP contribution in [0, 0.1) is 6.92 Å². The third-order valence-corrected chi connectivity index (χ3v) is 6.65. The number of fused-ring (bicyclic) bond motifs is 2. The molecule has 3 aromatic heterocycles. The summed E-state index contributed by atoms with van der Waals surface area (Å²) in [5.74, 6) is 1.18. The van der Waals surface area contributed by atoms with Gasteiger partial charge in [0.1, 0.15) is 23.6 Å². The zero-order chi connectivity index (χ0) is 21.0. The second-order valence-corrected chi connectivity index (χ2v) is 8.47. The van der Waals surface area contributed by atoms with Crippen LogP contribution >= 0.6 is 11.3 Å². The number of nitrogens with two attached hydrogens (primary N) is 1. The second-order valence-electron chi connectivity index (χ2n) is 7.42. The van der Waals surface area contributed by atoms with Crippen LogP contribution in [0.1, 0.15) is 18.0 Å². The van der Waals surface area contributed by atoms with Gasteiger partial charge in [-0.1, -0.05) is 6.07 Å². The fourth-order valence-electron chi connectivity index (χ4n) is 4.07. The van der Waals surface area contributed by atoms with Crippen molar-refractivity contribution in [3.8, 4) is 16.3 Å². The van der Waals surface area contributed by atoms with E-state index >= 15 is 0 Å². The Kier molecular flexibility index (Phi) is 4.24. The number of aromatic nitrogens is 4. The second kappa shape index (κ2) is 6.84. The molecule has 1 atom stereocenters. The minimum atomic E-state index is -0.921. The number of amides is 1. The Morgan fingerprint density at radius 3 is 2.90 bits per heavy atom. The van der Waals surface area contributed by atoms with Crippen LogP contribution in [0.25, 0.3) is 31.7 Å². The van der Waals surface area contributed by atoms with E-state index in [2.05, 4.69) is 22.1 Å². The molecule has 1 fully saturated rings. The van der Waals surface area contributed by atoms with Crippen LogP contribution in [0.5, 0.6) is 5.75 Å². The Bertz CT molecular complexity index is 1300. The van der Waals surface area contributed by atoms with Gasteiger partial charge in [0.2, 0.25) is 0 Å². The number of methoxy groups -OCH3 is 1. The number of hydrogen-bond donors (Lipinski definition) is 2. The van der Waals surface area contributed by atoms with Crippen molar-refractivity contribution in [2.45, 2.75) is 19.4 Å². The number of carboxylic acid groups (broad SMARTS) is 1. The lowest BCUT2D eigenvalue weighted by atomic mass is 10.1. The Hall–Kier alpha value is -3.40. The average Bonchev–Trinajstić information content (AvgIpc) is 3.43. The van der Waals surface area contributed by atoms with Crippen LogP contribution in [-0.2, 0) is 0 Å². The molecule has 0 aliphatic carbocycles. The number of thiophene rings is 1. The van der Waals surface area contributed by atoms with Gasteiger partial charge in [-0.05, 0) is 36.4 Å². The molecule has 0 bridgehead atoms. The number of rotatable bonds is 3. The Morgan fingerprint density at radius 2 is 2.17 bits per heavy atom. The van der Waals surface area contributed by atoms with Crippen molar-refractivity contribution in [3.05, 3.63) is 30.1 Å². The number of ether oxygens (including phenoxy) is 1. The molecule has 5 rings (SSSR count). The predicted molar refractivity (Wildman–Crippen MR) is 115 cm³/mol. The van der Waals surface area contributed by atoms with Gasteiger partial charge in [0.05, 0.1) is 28.1 Å². The van der Waals surface area contributed by atoms with Crippen molar-refractivity contribution >= 4 is 44.4 Å². The Labute approximate surface area is 175 Å². The van der Waals surface area contributed by atoms with E-state index < -0.39 is 6.09 Å². The Balaban J connectivity index is 1.69. The summed E-state index contributed by atoms with van der Waals surface area (Å²) in [4.78, 5) is 22.3. The molecule has 154 valence electrons. The van der Waals surface area contributed by atoms with Gasteiger partial charge in [-0.3, -0.25) is 0 Å². The van der Waals surface area contributed by atoms with Gasteiger partial charge in [0.25, 0.3) is 0 Å². The summed E-state index contributed by atoms with van der Waals surface area (Å²) in [6.45, 7) is 2.87. The van der Waals surface area contributed by atoms with E-state index in [1.54, 1.807) is 23.1 Å². The van der Waals surface area contributed by atoms with Gasteiger partial charge in [0.15, 0.2) is 5.65 Å². The molecule has 1 aromatic carbocycles. The zero-order valence-corrected chi connectivity index (χ0v) is 17.3. The minimum Gasteiger partial charge on any atom is -0.495 e. The lowest BCUT2D eigenvalue weighted by Crippen LogP contribution is -2.27. The van der Waals surface area contributed by atoms with Crippen LogP contribution in [0.15, 0.2) is 24.5 Å². The van der Waals surface area contributed by atoms with E-state index in [0.717, 1.165) is 26.3 Å². The molecule has 0 spiro atoms. The third kappa shape index (κ3) is 2.83. The first-order chi connectivity index (χ1) is 14.5. The fourth-order valence-corrected chi connectivity index (χ4v) is 5.19. The summed E-state index contributed by atoms with van der Waals surface area (Å²) in [6, 6.07) is 6.10. The van der Waals surface area contributed by atoms with Gasteiger partial charge < -0.3 is 20.5 Å². The predicted octanol–water partition coefficient (Wildman–Crippen LogP) is 3.53. The van der Waals surface area contributed by atoms with Gasteiger partial charge in [-0.2, -0.15) is 5.10 Å². The molecule has 30 heavy (non-hydrogen) atoms. The highest BCUT2D eigenvalue weighted by molar-refractivity contribution is 7.22. The van der Waals surface area contributed by atoms with Crippen LogP contribution < -0.4 is 10.5 Å². The molecule has 9 nitrogen and oxygen atoms in total. The van der Waals surface area contributed by atoms with Crippen LogP contribution in [-0.4, -0.2) is 56.0 Å². The van der Waals surface area contributed by atoms with Crippen LogP contribution in [0.4, 0.5) is 10.6 Å². The lowest BCUT2D eigenvalue weighted by molar-refractivity contribution is 0.154. The monoisotopic (exact) mass is 424 g/mol. The first-order valence-corrected chi connectivity index (χ1v) is 10.3. The first kappa shape index (κ1) is 18.6. The molecule has 10 heteroatoms. The summed E-state index contributed by atoms with van der Waals surface area (Å²) in [7, 11) is 1.66. The topological polar surface area (TPSA) is 119 Å². The summed E-state index contributed by atoms with van der Waals surface area (Å²) in [6.07, 6.45) is 1.17. The standard InChI is InChI=1S/C20H20N6O3S/c1-10-5-11-7-14(30-17(11)13(6-10)29-2)16-15-18(21)22-9-23-19(15)26(24-16)12-3-4-25(8-12)20(27)28/h5-7,9,12H,3-4,8H2,1-2H3,(H,27,28)(H2,21,22,23). The maximum absolute atomic E-state index is 11.4. The van der Waals surface area contributed by atoms with E-state index in [4.69, 9.17) is 15.6 Å². The summed E-state index contributed by atoms with van der Waals surface area (Å²) < 4.78 is 8.40. The largest absolute Gasteiger partial charge is 0.495 e. The van der Waals surface area contributed by atoms with Gasteiger partial charge in [0, 0.05) is 13.1 Å². The number of carbonyl (C=O) groups is 1. The van der Waals surface area contributed by atoms with Crippen molar-refractivity contribution in [2.75, 3.05) is 25.9 Å². The highest BCUT2D eigenvalue weighted by atomic mass is 32.1. The molecule has 1 amide bonds. The number of hydrogen-bond acceptors (Lipinski definition) is 7. The summed E-state index contributed by atoms with van der Waals surface area (Å²) in [5.41, 5.74) is 8.67. The van der Waals surface area contributed by atoms with E-state index in [0.29, 0.717) is 42.1 Å². The molecule has 3 N–H and O–H groups in total. The SMILES string of the molecule is COc1cc(C)cc2cc(-c3nn(C4CCN(C(=O)O)C4)c4ncnc(N)c34)sc12. The van der Waals surface area contributed by atoms with Crippen molar-refractivity contribution in [3.63, 3.8) is 0 Å². The van der Waals surface area contributed by atoms with Crippen LogP contribution in [0.2, 0.25) is 0 Å². The molecule has 0 saturated carbocycles. The van der Waals surface area contributed by atoms with E-state index in [1.165, 1.54) is 11.2 Å². The Morgan fingerprint density at radius 1 is 1.33 bits per heavy atom. The quantitative estimate of drug-likeness (QED) is 0.516. The highest BCUT2D eigenvalue weighted by Gasteiger charge is 2.31. The third-order valence-electron chi connectivity index (χ3n) is 5.48. The number of aryl methyl sites for hydroxylation is 1. The number of benzene rings is 1. The molecule has 1 aliphatic rings. The highest BCUT2D eigenvalue weighted by Crippen LogP contribution is 2.42. The molecule has 1 unspecified atom stereocenters. The van der Waals surface area contributed by atoms with Crippen molar-refractivity contribution < 1.29 is 14.6 Å². The van der Waals surface area contributed by atoms with Crippen molar-refractivity contribution in [1.29, 1.82) is 0 Å². The maximum atomic E-state index is 11.4. The van der Waals surface area contributed by atoms with E-state index in [-0.39, 0.29) is 6.04 Å². The van der Waals surface area contributed by atoms with Gasteiger partial charge >= 0.3 is 6.09 Å². The molecule has 0 radical (unpaired) electrons. The average molecular weight is 424 g/mol. The minimum absolute atomic E-state index is 0.0993. The fraction of sp³-hybridized carbons (Fsp3) is 0.300. The number of nitrogens with zero attached hydrogens (tertiary/aromatic N) is 5. The van der Waals surface area contributed by atoms with E-state index in [1.807, 2.05) is 13.0 Å².